The van der Waals surface area contributed by atoms with Crippen LogP contribution >= 0.6 is 0 Å². The van der Waals surface area contributed by atoms with Gasteiger partial charge in [0.15, 0.2) is 0 Å². The van der Waals surface area contributed by atoms with Gasteiger partial charge in [-0.25, -0.2) is 0 Å². The zero-order valence-corrected chi connectivity index (χ0v) is 7.43. The molecule has 68 valence electrons. The summed E-state index contributed by atoms with van der Waals surface area (Å²) in [6, 6.07) is 0. The first-order valence-electron chi connectivity index (χ1n) is 3.86. The minimum Gasteiger partial charge on any atom is -0.395 e. The van der Waals surface area contributed by atoms with E-state index in [2.05, 4.69) is 10.2 Å². The van der Waals surface area contributed by atoms with Crippen LogP contribution in [0, 0.1) is 0 Å². The Morgan fingerprint density at radius 1 is 1.67 bits per heavy atom. The average molecular weight is 170 g/mol. The van der Waals surface area contributed by atoms with Crippen molar-refractivity contribution in [2.45, 2.75) is 6.54 Å². The number of aryl methyl sites for hydroxylation is 1. The summed E-state index contributed by atoms with van der Waals surface area (Å²) in [5.74, 6) is 0.908. The first-order chi connectivity index (χ1) is 5.74. The molecule has 0 amide bonds. The highest BCUT2D eigenvalue weighted by atomic mass is 16.3. The van der Waals surface area contributed by atoms with Crippen molar-refractivity contribution in [2.24, 2.45) is 7.05 Å². The maximum absolute atomic E-state index is 8.65. The second-order valence-corrected chi connectivity index (χ2v) is 2.82. The minimum absolute atomic E-state index is 0.175. The number of aliphatic hydroxyl groups is 1. The Labute approximate surface area is 71.6 Å². The Hall–Kier alpha value is -0.940. The van der Waals surface area contributed by atoms with Gasteiger partial charge in [-0.3, -0.25) is 4.90 Å². The number of likely N-dealkylation sites (N-methyl/N-ethyl adjacent to an activating group) is 1. The molecule has 0 radical (unpaired) electrons. The fourth-order valence-corrected chi connectivity index (χ4v) is 0.941. The summed E-state index contributed by atoms with van der Waals surface area (Å²) in [7, 11) is 3.84. The van der Waals surface area contributed by atoms with E-state index in [1.165, 1.54) is 0 Å². The number of aliphatic hydroxyl groups excluding tert-OH is 1. The zero-order valence-electron chi connectivity index (χ0n) is 7.43. The summed E-state index contributed by atoms with van der Waals surface area (Å²) in [4.78, 5) is 1.99. The molecule has 0 atom stereocenters. The van der Waals surface area contributed by atoms with Crippen LogP contribution in [0.3, 0.4) is 0 Å². The van der Waals surface area contributed by atoms with Crippen LogP contribution in [-0.4, -0.2) is 45.0 Å². The van der Waals surface area contributed by atoms with Crippen LogP contribution in [0.15, 0.2) is 6.33 Å². The molecule has 0 unspecified atom stereocenters. The van der Waals surface area contributed by atoms with Gasteiger partial charge in [-0.05, 0) is 7.05 Å². The number of aromatic nitrogens is 3. The molecule has 5 heteroatoms. The van der Waals surface area contributed by atoms with Crippen LogP contribution in [0.4, 0.5) is 0 Å². The fourth-order valence-electron chi connectivity index (χ4n) is 0.941. The average Bonchev–Trinajstić information content (AvgIpc) is 2.37. The monoisotopic (exact) mass is 170 g/mol. The lowest BCUT2D eigenvalue weighted by Gasteiger charge is -2.13. The van der Waals surface area contributed by atoms with E-state index in [0.29, 0.717) is 6.54 Å². The third kappa shape index (κ3) is 2.28. The normalized spacial score (nSPS) is 11.0. The topological polar surface area (TPSA) is 54.2 Å². The summed E-state index contributed by atoms with van der Waals surface area (Å²) in [6.45, 7) is 1.55. The molecule has 0 aromatic carbocycles. The quantitative estimate of drug-likeness (QED) is 0.645. The van der Waals surface area contributed by atoms with E-state index in [-0.39, 0.29) is 6.61 Å². The summed E-state index contributed by atoms with van der Waals surface area (Å²) in [6.07, 6.45) is 1.67. The molecular weight excluding hydrogens is 156 g/mol. The molecule has 12 heavy (non-hydrogen) atoms. The Balaban J connectivity index is 2.46. The van der Waals surface area contributed by atoms with Crippen molar-refractivity contribution in [1.29, 1.82) is 0 Å². The van der Waals surface area contributed by atoms with E-state index in [0.717, 1.165) is 12.4 Å². The number of rotatable bonds is 4. The fraction of sp³-hybridized carbons (Fsp3) is 0.714. The lowest BCUT2D eigenvalue weighted by Crippen LogP contribution is -2.23. The molecule has 0 aliphatic heterocycles. The van der Waals surface area contributed by atoms with Gasteiger partial charge >= 0.3 is 0 Å². The van der Waals surface area contributed by atoms with Gasteiger partial charge in [-0.1, -0.05) is 0 Å². The lowest BCUT2D eigenvalue weighted by molar-refractivity contribution is 0.213. The predicted molar refractivity (Wildman–Crippen MR) is 44.4 cm³/mol. The van der Waals surface area contributed by atoms with Gasteiger partial charge in [0.1, 0.15) is 12.2 Å². The molecule has 1 N–H and O–H groups in total. The molecule has 0 fully saturated rings. The molecule has 0 aliphatic rings. The van der Waals surface area contributed by atoms with E-state index >= 15 is 0 Å². The van der Waals surface area contributed by atoms with E-state index in [4.69, 9.17) is 5.11 Å². The van der Waals surface area contributed by atoms with Crippen molar-refractivity contribution < 1.29 is 5.11 Å². The summed E-state index contributed by atoms with van der Waals surface area (Å²) in [5.41, 5.74) is 0. The second kappa shape index (κ2) is 4.18. The molecule has 1 heterocycles. The number of nitrogens with zero attached hydrogens (tertiary/aromatic N) is 4. The van der Waals surface area contributed by atoms with Crippen LogP contribution in [0.25, 0.3) is 0 Å². The molecule has 1 aromatic heterocycles. The molecule has 0 saturated heterocycles. The van der Waals surface area contributed by atoms with E-state index in [1.807, 2.05) is 23.6 Å². The highest BCUT2D eigenvalue weighted by Gasteiger charge is 2.03. The van der Waals surface area contributed by atoms with Crippen LogP contribution < -0.4 is 0 Å². The molecular formula is C7H14N4O. The largest absolute Gasteiger partial charge is 0.395 e. The Bertz CT molecular complexity index is 235. The lowest BCUT2D eigenvalue weighted by atomic mass is 10.5. The van der Waals surface area contributed by atoms with Gasteiger partial charge in [-0.15, -0.1) is 10.2 Å². The molecule has 0 bridgehead atoms. The maximum Gasteiger partial charge on any atom is 0.146 e. The third-order valence-electron chi connectivity index (χ3n) is 1.70. The molecule has 0 aliphatic carbocycles. The van der Waals surface area contributed by atoms with Crippen molar-refractivity contribution in [3.63, 3.8) is 0 Å². The summed E-state index contributed by atoms with van der Waals surface area (Å²) >= 11 is 0. The van der Waals surface area contributed by atoms with Crippen LogP contribution in [-0.2, 0) is 13.6 Å². The standard InChI is InChI=1S/C7H14N4O/c1-10(3-4-12)5-7-9-8-6-11(7)2/h6,12H,3-5H2,1-2H3. The first kappa shape index (κ1) is 9.15. The van der Waals surface area contributed by atoms with Gasteiger partial charge in [0.25, 0.3) is 0 Å². The Morgan fingerprint density at radius 2 is 2.42 bits per heavy atom. The Morgan fingerprint density at radius 3 is 2.92 bits per heavy atom. The molecule has 0 saturated carbocycles. The highest BCUT2D eigenvalue weighted by Crippen LogP contribution is 1.95. The molecule has 0 spiro atoms. The number of hydrogen-bond acceptors (Lipinski definition) is 4. The van der Waals surface area contributed by atoms with Crippen molar-refractivity contribution in [3.05, 3.63) is 12.2 Å². The summed E-state index contributed by atoms with van der Waals surface area (Å²) < 4.78 is 1.87. The van der Waals surface area contributed by atoms with E-state index < -0.39 is 0 Å². The van der Waals surface area contributed by atoms with Crippen molar-refractivity contribution >= 4 is 0 Å². The van der Waals surface area contributed by atoms with Crippen molar-refractivity contribution in [1.82, 2.24) is 19.7 Å². The Kier molecular flexibility index (Phi) is 3.19. The van der Waals surface area contributed by atoms with Gasteiger partial charge in [0, 0.05) is 13.6 Å². The molecule has 1 rings (SSSR count). The van der Waals surface area contributed by atoms with E-state index in [1.54, 1.807) is 6.33 Å². The SMILES string of the molecule is CN(CCO)Cc1nncn1C. The maximum atomic E-state index is 8.65. The van der Waals surface area contributed by atoms with Gasteiger partial charge in [0.2, 0.25) is 0 Å². The zero-order chi connectivity index (χ0) is 8.97. The minimum atomic E-state index is 0.175. The summed E-state index contributed by atoms with van der Waals surface area (Å²) in [5, 5.41) is 16.3. The highest BCUT2D eigenvalue weighted by molar-refractivity contribution is 4.83. The number of hydrogen-bond donors (Lipinski definition) is 1. The molecule has 5 nitrogen and oxygen atoms in total. The first-order valence-corrected chi connectivity index (χ1v) is 3.86. The second-order valence-electron chi connectivity index (χ2n) is 2.82. The smallest absolute Gasteiger partial charge is 0.146 e. The molecule has 1 aromatic rings. The predicted octanol–water partition coefficient (Wildman–Crippen LogP) is -0.761. The van der Waals surface area contributed by atoms with Gasteiger partial charge < -0.3 is 9.67 Å². The van der Waals surface area contributed by atoms with Crippen LogP contribution in [0.1, 0.15) is 5.82 Å². The van der Waals surface area contributed by atoms with Gasteiger partial charge in [-0.2, -0.15) is 0 Å². The van der Waals surface area contributed by atoms with Crippen LogP contribution in [0.2, 0.25) is 0 Å². The van der Waals surface area contributed by atoms with E-state index in [9.17, 15) is 0 Å². The third-order valence-corrected chi connectivity index (χ3v) is 1.70. The van der Waals surface area contributed by atoms with Gasteiger partial charge in [0.05, 0.1) is 13.2 Å². The van der Waals surface area contributed by atoms with Crippen LogP contribution in [0.5, 0.6) is 0 Å². The van der Waals surface area contributed by atoms with Crippen molar-refractivity contribution in [3.8, 4) is 0 Å². The van der Waals surface area contributed by atoms with Crippen molar-refractivity contribution in [2.75, 3.05) is 20.2 Å².